The third-order valence-electron chi connectivity index (χ3n) is 0.289. The molecule has 0 amide bonds. The molecule has 0 heterocycles. The van der Waals surface area contributed by atoms with Gasteiger partial charge < -0.3 is 0 Å². The van der Waals surface area contributed by atoms with E-state index in [-0.39, 0.29) is 0 Å². The van der Waals surface area contributed by atoms with Crippen LogP contribution in [0.5, 0.6) is 0 Å². The minimum atomic E-state index is 0.535. The molecule has 0 aromatic rings. The smallest absolute Gasteiger partial charge is 0.0908 e. The van der Waals surface area contributed by atoms with Gasteiger partial charge in [0.2, 0.25) is 0 Å². The van der Waals surface area contributed by atoms with Crippen LogP contribution in [-0.2, 0) is 0 Å². The number of allylic oxidation sites excluding steroid dienone is 1. The largest absolute Gasteiger partial charge is 0.193 e. The Morgan fingerprint density at radius 3 is 2.67 bits per heavy atom. The molecule has 0 aromatic heterocycles. The van der Waals surface area contributed by atoms with Crippen molar-refractivity contribution in [3.63, 3.8) is 0 Å². The lowest BCUT2D eigenvalue weighted by atomic mass is 10.6. The highest BCUT2D eigenvalue weighted by atomic mass is 32.1. The molecule has 0 unspecified atom stereocenters. The lowest BCUT2D eigenvalue weighted by molar-refractivity contribution is 1.53. The van der Waals surface area contributed by atoms with E-state index in [1.54, 1.807) is 6.08 Å². The van der Waals surface area contributed by atoms with Crippen molar-refractivity contribution >= 4 is 12.6 Å². The van der Waals surface area contributed by atoms with Crippen molar-refractivity contribution in [2.24, 2.45) is 0 Å². The van der Waals surface area contributed by atoms with Crippen LogP contribution in [0.2, 0.25) is 0 Å². The second-order valence-electron chi connectivity index (χ2n) is 0.698. The minimum absolute atomic E-state index is 0.535. The van der Waals surface area contributed by atoms with Gasteiger partial charge in [-0.1, -0.05) is 18.7 Å². The Morgan fingerprint density at radius 1 is 1.83 bits per heavy atom. The standard InChI is InChI=1S/C4H4NS/c5-3-1-2-4-6/h1-2H,4H2. The number of nitrogens with zero attached hydrogens (tertiary/aromatic N) is 1. The van der Waals surface area contributed by atoms with Crippen molar-refractivity contribution in [1.29, 1.82) is 5.26 Å². The minimum Gasteiger partial charge on any atom is -0.193 e. The Hall–Kier alpha value is -0.420. The summed E-state index contributed by atoms with van der Waals surface area (Å²) in [4.78, 5) is 0. The van der Waals surface area contributed by atoms with E-state index >= 15 is 0 Å². The van der Waals surface area contributed by atoms with Gasteiger partial charge in [-0.2, -0.15) is 5.26 Å². The summed E-state index contributed by atoms with van der Waals surface area (Å²) in [6, 6.07) is 1.82. The topological polar surface area (TPSA) is 23.8 Å². The van der Waals surface area contributed by atoms with E-state index in [1.165, 1.54) is 6.08 Å². The quantitative estimate of drug-likeness (QED) is 0.453. The van der Waals surface area contributed by atoms with Gasteiger partial charge in [0, 0.05) is 11.8 Å². The van der Waals surface area contributed by atoms with Crippen molar-refractivity contribution in [2.75, 3.05) is 5.75 Å². The maximum absolute atomic E-state index is 7.81. The first-order valence-electron chi connectivity index (χ1n) is 1.54. The molecule has 0 aliphatic rings. The van der Waals surface area contributed by atoms with Gasteiger partial charge in [0.05, 0.1) is 6.07 Å². The average molecular weight is 98.2 g/mol. The van der Waals surface area contributed by atoms with Crippen LogP contribution >= 0.6 is 12.6 Å². The normalized spacial score (nSPS) is 8.67. The molecule has 31 valence electrons. The maximum Gasteiger partial charge on any atom is 0.0908 e. The fraction of sp³-hybridized carbons (Fsp3) is 0.250. The Bertz CT molecular complexity index is 80.0. The predicted octanol–water partition coefficient (Wildman–Crippen LogP) is 1.26. The molecular weight excluding hydrogens is 94.1 g/mol. The molecule has 0 saturated carbocycles. The highest BCUT2D eigenvalue weighted by molar-refractivity contribution is 7.80. The average Bonchev–Trinajstić information content (AvgIpc) is 1.61. The van der Waals surface area contributed by atoms with Crippen LogP contribution in [0.25, 0.3) is 0 Å². The van der Waals surface area contributed by atoms with Crippen LogP contribution in [0, 0.1) is 11.3 Å². The second kappa shape index (κ2) is 4.58. The van der Waals surface area contributed by atoms with Gasteiger partial charge in [-0.05, 0) is 0 Å². The Labute approximate surface area is 42.7 Å². The molecule has 0 N–H and O–H groups in total. The summed E-state index contributed by atoms with van der Waals surface area (Å²) < 4.78 is 0. The molecule has 0 spiro atoms. The molecule has 0 rings (SSSR count). The first-order chi connectivity index (χ1) is 2.91. The van der Waals surface area contributed by atoms with Gasteiger partial charge in [0.1, 0.15) is 0 Å². The van der Waals surface area contributed by atoms with Crippen LogP contribution < -0.4 is 0 Å². The number of hydrogen-bond acceptors (Lipinski definition) is 1. The summed E-state index contributed by atoms with van der Waals surface area (Å²) in [5, 5.41) is 7.81. The van der Waals surface area contributed by atoms with E-state index in [0.717, 1.165) is 0 Å². The number of rotatable bonds is 1. The first kappa shape index (κ1) is 5.58. The van der Waals surface area contributed by atoms with Crippen LogP contribution in [0.4, 0.5) is 0 Å². The number of nitriles is 1. The van der Waals surface area contributed by atoms with E-state index in [0.29, 0.717) is 5.75 Å². The summed E-state index contributed by atoms with van der Waals surface area (Å²) in [5.74, 6) is 0.535. The molecule has 0 bridgehead atoms. The molecule has 2 heteroatoms. The van der Waals surface area contributed by atoms with Crippen LogP contribution in [0.3, 0.4) is 0 Å². The Kier molecular flexibility index (Phi) is 4.26. The van der Waals surface area contributed by atoms with Gasteiger partial charge in [-0.25, -0.2) is 0 Å². The number of hydrogen-bond donors (Lipinski definition) is 0. The van der Waals surface area contributed by atoms with Crippen molar-refractivity contribution in [3.05, 3.63) is 12.2 Å². The van der Waals surface area contributed by atoms with Gasteiger partial charge in [0.25, 0.3) is 0 Å². The predicted molar refractivity (Wildman–Crippen MR) is 27.2 cm³/mol. The molecule has 0 saturated heterocycles. The monoisotopic (exact) mass is 98.0 g/mol. The highest BCUT2D eigenvalue weighted by Gasteiger charge is 1.59. The molecule has 1 radical (unpaired) electrons. The molecule has 0 fully saturated rings. The summed E-state index contributed by atoms with van der Waals surface area (Å²) in [6.45, 7) is 0. The molecule has 0 aliphatic carbocycles. The van der Waals surface area contributed by atoms with Crippen molar-refractivity contribution < 1.29 is 0 Å². The first-order valence-corrected chi connectivity index (χ1v) is 2.12. The SMILES string of the molecule is N#CC=CC[S]. The van der Waals surface area contributed by atoms with Crippen molar-refractivity contribution in [3.8, 4) is 6.07 Å². The van der Waals surface area contributed by atoms with Gasteiger partial charge in [-0.3, -0.25) is 0 Å². The fourth-order valence-electron chi connectivity index (χ4n) is 0.101. The molecule has 6 heavy (non-hydrogen) atoms. The molecule has 0 aliphatic heterocycles. The summed E-state index contributed by atoms with van der Waals surface area (Å²) in [5.41, 5.74) is 0. The summed E-state index contributed by atoms with van der Waals surface area (Å²) in [7, 11) is 0. The van der Waals surface area contributed by atoms with E-state index in [2.05, 4.69) is 12.6 Å². The third kappa shape index (κ3) is 3.58. The highest BCUT2D eigenvalue weighted by Crippen LogP contribution is 1.72. The zero-order valence-corrected chi connectivity index (χ0v) is 4.03. The zero-order chi connectivity index (χ0) is 4.83. The van der Waals surface area contributed by atoms with Crippen molar-refractivity contribution in [1.82, 2.24) is 0 Å². The van der Waals surface area contributed by atoms with Crippen molar-refractivity contribution in [2.45, 2.75) is 0 Å². The maximum atomic E-state index is 7.81. The lowest BCUT2D eigenvalue weighted by Gasteiger charge is -1.61. The van der Waals surface area contributed by atoms with Gasteiger partial charge in [0.15, 0.2) is 0 Å². The van der Waals surface area contributed by atoms with Gasteiger partial charge in [-0.15, -0.1) is 0 Å². The lowest BCUT2D eigenvalue weighted by Crippen LogP contribution is -1.53. The van der Waals surface area contributed by atoms with Crippen LogP contribution in [0.1, 0.15) is 0 Å². The van der Waals surface area contributed by atoms with E-state index in [1.807, 2.05) is 6.07 Å². The Morgan fingerprint density at radius 2 is 2.50 bits per heavy atom. The molecule has 0 aromatic carbocycles. The van der Waals surface area contributed by atoms with E-state index in [4.69, 9.17) is 5.26 Å². The van der Waals surface area contributed by atoms with Gasteiger partial charge >= 0.3 is 0 Å². The molecular formula is C4H4NS. The summed E-state index contributed by atoms with van der Waals surface area (Å²) >= 11 is 4.48. The third-order valence-corrected chi connectivity index (χ3v) is 0.481. The van der Waals surface area contributed by atoms with Crippen LogP contribution in [0.15, 0.2) is 12.2 Å². The molecule has 1 nitrogen and oxygen atoms in total. The van der Waals surface area contributed by atoms with E-state index in [9.17, 15) is 0 Å². The van der Waals surface area contributed by atoms with E-state index < -0.39 is 0 Å². The zero-order valence-electron chi connectivity index (χ0n) is 3.22. The molecule has 0 atom stereocenters. The second-order valence-corrected chi connectivity index (χ2v) is 1.03. The fourth-order valence-corrected chi connectivity index (χ4v) is 0.197. The van der Waals surface area contributed by atoms with Crippen LogP contribution in [-0.4, -0.2) is 5.75 Å². The Balaban J connectivity index is 3.02. The summed E-state index contributed by atoms with van der Waals surface area (Å²) in [6.07, 6.45) is 3.02.